The number of hydrogen-bond acceptors (Lipinski definition) is 6. The van der Waals surface area contributed by atoms with E-state index in [1.807, 2.05) is 0 Å². The molecular formula is C23H20F6N4O2. The number of alkyl halides is 6. The van der Waals surface area contributed by atoms with E-state index in [-0.39, 0.29) is 11.5 Å². The van der Waals surface area contributed by atoms with Crippen LogP contribution in [0.15, 0.2) is 70.8 Å². The van der Waals surface area contributed by atoms with Crippen LogP contribution in [0.4, 0.5) is 26.3 Å². The average Bonchev–Trinajstić information content (AvgIpc) is 2.79. The summed E-state index contributed by atoms with van der Waals surface area (Å²) in [6.07, 6.45) is -2.21. The zero-order valence-electron chi connectivity index (χ0n) is 18.0. The first-order valence-electron chi connectivity index (χ1n) is 10.3. The molecule has 0 unspecified atom stereocenters. The molecule has 0 aliphatic carbocycles. The third-order valence-corrected chi connectivity index (χ3v) is 4.31. The van der Waals surface area contributed by atoms with E-state index >= 15 is 0 Å². The van der Waals surface area contributed by atoms with Crippen LogP contribution in [0.3, 0.4) is 0 Å². The quantitative estimate of drug-likeness (QED) is 0.300. The van der Waals surface area contributed by atoms with Crippen LogP contribution in [0.5, 0.6) is 11.5 Å². The fourth-order valence-corrected chi connectivity index (χ4v) is 2.78. The Morgan fingerprint density at radius 2 is 1.31 bits per heavy atom. The molecule has 1 heterocycles. The Morgan fingerprint density at radius 3 is 1.71 bits per heavy atom. The minimum absolute atomic E-state index is 0.343. The normalized spacial score (nSPS) is 14.4. The fraction of sp³-hybridized carbons (Fsp3) is 0.217. The molecule has 0 spiro atoms. The highest BCUT2D eigenvalue weighted by atomic mass is 19.4. The van der Waals surface area contributed by atoms with E-state index in [2.05, 4.69) is 30.3 Å². The van der Waals surface area contributed by atoms with Crippen molar-refractivity contribution in [3.8, 4) is 11.5 Å². The maximum absolute atomic E-state index is 12.3. The summed E-state index contributed by atoms with van der Waals surface area (Å²) in [5.41, 5.74) is 4.38. The zero-order chi connectivity index (χ0) is 25.3. The highest BCUT2D eigenvalue weighted by molar-refractivity contribution is 6.09. The Bertz CT molecular complexity index is 1020. The van der Waals surface area contributed by atoms with E-state index < -0.39 is 12.7 Å². The Balaban J connectivity index is 1.74. The monoisotopic (exact) mass is 498 g/mol. The van der Waals surface area contributed by atoms with Gasteiger partial charge in [0.25, 0.3) is 0 Å². The third kappa shape index (κ3) is 9.82. The summed E-state index contributed by atoms with van der Waals surface area (Å²) >= 11 is 0. The lowest BCUT2D eigenvalue weighted by Crippen LogP contribution is -2.38. The second-order valence-corrected chi connectivity index (χ2v) is 7.06. The number of guanidine groups is 1. The van der Waals surface area contributed by atoms with Gasteiger partial charge in [-0.05, 0) is 54.0 Å². The van der Waals surface area contributed by atoms with Gasteiger partial charge in [0, 0.05) is 13.1 Å². The first-order valence-corrected chi connectivity index (χ1v) is 10.3. The predicted molar refractivity (Wildman–Crippen MR) is 120 cm³/mol. The van der Waals surface area contributed by atoms with Gasteiger partial charge in [-0.1, -0.05) is 36.4 Å². The molecular weight excluding hydrogens is 478 g/mol. The third-order valence-electron chi connectivity index (χ3n) is 4.31. The van der Waals surface area contributed by atoms with Crippen molar-refractivity contribution < 1.29 is 35.8 Å². The van der Waals surface area contributed by atoms with Crippen LogP contribution in [-0.2, 0) is 0 Å². The molecule has 1 aliphatic rings. The molecule has 0 atom stereocenters. The molecule has 0 radical (unpaired) electrons. The lowest BCUT2D eigenvalue weighted by atomic mass is 10.1. The molecule has 2 aromatic rings. The van der Waals surface area contributed by atoms with E-state index in [0.29, 0.717) is 29.3 Å². The molecule has 186 valence electrons. The number of nitrogens with zero attached hydrogens (tertiary/aromatic N) is 2. The van der Waals surface area contributed by atoms with Gasteiger partial charge in [0.05, 0.1) is 5.71 Å². The standard InChI is InChI=1S/C23H20F6N4O2/c24-22(25,26)34-19-10-4-16(5-11-19)2-8-18(32-33-21-30-14-1-15-31-21)9-3-17-6-12-20(13-7-17)35-23(27,28)29/h2-13H,1,14-15H2,(H2,30,31,33). The van der Waals surface area contributed by atoms with Crippen molar-refractivity contribution >= 4 is 23.8 Å². The highest BCUT2D eigenvalue weighted by Crippen LogP contribution is 2.24. The Labute approximate surface area is 196 Å². The van der Waals surface area contributed by atoms with Gasteiger partial charge in [0.1, 0.15) is 11.5 Å². The summed E-state index contributed by atoms with van der Waals surface area (Å²) in [5, 5.41) is 7.31. The minimum Gasteiger partial charge on any atom is -0.406 e. The smallest absolute Gasteiger partial charge is 0.406 e. The zero-order valence-corrected chi connectivity index (χ0v) is 18.0. The number of aliphatic imine (C=N–C) groups is 1. The van der Waals surface area contributed by atoms with Crippen molar-refractivity contribution in [3.63, 3.8) is 0 Å². The summed E-state index contributed by atoms with van der Waals surface area (Å²) < 4.78 is 81.6. The molecule has 0 aromatic heterocycles. The number of allylic oxidation sites excluding steroid dienone is 2. The molecule has 12 heteroatoms. The van der Waals surface area contributed by atoms with Crippen LogP contribution >= 0.6 is 0 Å². The predicted octanol–water partition coefficient (Wildman–Crippen LogP) is 5.51. The van der Waals surface area contributed by atoms with Gasteiger partial charge in [-0.15, -0.1) is 26.3 Å². The maximum Gasteiger partial charge on any atom is 0.573 e. The SMILES string of the molecule is FC(F)(F)Oc1ccc(C=CC(C=Cc2ccc(OC(F)(F)F)cc2)=NNC2=NCCCN2)cc1. The van der Waals surface area contributed by atoms with Crippen LogP contribution in [0.2, 0.25) is 0 Å². The summed E-state index contributed by atoms with van der Waals surface area (Å²) in [4.78, 5) is 4.24. The van der Waals surface area contributed by atoms with Crippen LogP contribution in [0.25, 0.3) is 12.2 Å². The first kappa shape index (κ1) is 25.7. The molecule has 0 fully saturated rings. The average molecular weight is 498 g/mol. The molecule has 2 aromatic carbocycles. The maximum atomic E-state index is 12.3. The van der Waals surface area contributed by atoms with Crippen molar-refractivity contribution in [1.82, 2.24) is 10.7 Å². The van der Waals surface area contributed by atoms with Gasteiger partial charge < -0.3 is 14.8 Å². The van der Waals surface area contributed by atoms with Crippen molar-refractivity contribution in [3.05, 3.63) is 71.8 Å². The van der Waals surface area contributed by atoms with Crippen LogP contribution in [0.1, 0.15) is 17.5 Å². The molecule has 1 aliphatic heterocycles. The lowest BCUT2D eigenvalue weighted by molar-refractivity contribution is -0.275. The van der Waals surface area contributed by atoms with E-state index in [0.717, 1.165) is 13.0 Å². The highest BCUT2D eigenvalue weighted by Gasteiger charge is 2.31. The number of nitrogens with one attached hydrogen (secondary N) is 2. The fourth-order valence-electron chi connectivity index (χ4n) is 2.78. The molecule has 0 amide bonds. The van der Waals surface area contributed by atoms with Gasteiger partial charge in [0.15, 0.2) is 0 Å². The molecule has 0 saturated carbocycles. The number of rotatable bonds is 7. The largest absolute Gasteiger partial charge is 0.573 e. The summed E-state index contributed by atoms with van der Waals surface area (Å²) in [6.45, 7) is 1.38. The van der Waals surface area contributed by atoms with Gasteiger partial charge in [0.2, 0.25) is 5.96 Å². The summed E-state index contributed by atoms with van der Waals surface area (Å²) in [6, 6.07) is 10.5. The summed E-state index contributed by atoms with van der Waals surface area (Å²) in [7, 11) is 0. The molecule has 0 saturated heterocycles. The number of hydrazone groups is 1. The number of hydrogen-bond donors (Lipinski definition) is 2. The van der Waals surface area contributed by atoms with Crippen LogP contribution < -0.4 is 20.2 Å². The van der Waals surface area contributed by atoms with E-state index in [9.17, 15) is 26.3 Å². The molecule has 3 rings (SSSR count). The number of ether oxygens (including phenoxy) is 2. The Morgan fingerprint density at radius 1 is 0.829 bits per heavy atom. The molecule has 6 nitrogen and oxygen atoms in total. The van der Waals surface area contributed by atoms with Crippen molar-refractivity contribution in [2.75, 3.05) is 13.1 Å². The summed E-state index contributed by atoms with van der Waals surface area (Å²) in [5.74, 6) is -0.202. The van der Waals surface area contributed by atoms with E-state index in [4.69, 9.17) is 0 Å². The minimum atomic E-state index is -4.78. The van der Waals surface area contributed by atoms with Crippen molar-refractivity contribution in [2.45, 2.75) is 19.1 Å². The van der Waals surface area contributed by atoms with E-state index in [1.54, 1.807) is 24.3 Å². The molecule has 2 N–H and O–H groups in total. The van der Waals surface area contributed by atoms with Gasteiger partial charge in [-0.25, -0.2) is 5.43 Å². The lowest BCUT2D eigenvalue weighted by Gasteiger charge is -2.13. The van der Waals surface area contributed by atoms with E-state index in [1.165, 1.54) is 48.5 Å². The number of halogens is 6. The second kappa shape index (κ2) is 11.4. The van der Waals surface area contributed by atoms with Crippen LogP contribution in [-0.4, -0.2) is 37.5 Å². The van der Waals surface area contributed by atoms with Gasteiger partial charge in [-0.3, -0.25) is 4.99 Å². The van der Waals surface area contributed by atoms with Gasteiger partial charge in [-0.2, -0.15) is 5.10 Å². The first-order chi connectivity index (χ1) is 16.6. The van der Waals surface area contributed by atoms with Gasteiger partial charge >= 0.3 is 12.7 Å². The molecule has 0 bridgehead atoms. The second-order valence-electron chi connectivity index (χ2n) is 7.06. The number of benzene rings is 2. The molecule has 35 heavy (non-hydrogen) atoms. The van der Waals surface area contributed by atoms with Crippen molar-refractivity contribution in [1.29, 1.82) is 0 Å². The topological polar surface area (TPSA) is 67.2 Å². The Kier molecular flexibility index (Phi) is 8.39. The van der Waals surface area contributed by atoms with Crippen LogP contribution in [0, 0.1) is 0 Å². The van der Waals surface area contributed by atoms with Crippen molar-refractivity contribution in [2.24, 2.45) is 10.1 Å². The Hall–Kier alpha value is -3.96.